The summed E-state index contributed by atoms with van der Waals surface area (Å²) in [5.74, 6) is 1.02. The fourth-order valence-electron chi connectivity index (χ4n) is 14.5. The first-order valence-electron chi connectivity index (χ1n) is 23.7. The highest BCUT2D eigenvalue weighted by Gasteiger charge is 2.66. The van der Waals surface area contributed by atoms with Crippen molar-refractivity contribution in [2.45, 2.75) is 211 Å². The fourth-order valence-corrected chi connectivity index (χ4v) is 14.5. The van der Waals surface area contributed by atoms with Gasteiger partial charge >= 0.3 is 5.97 Å². The minimum atomic E-state index is -1.84. The van der Waals surface area contributed by atoms with Crippen molar-refractivity contribution in [3.63, 3.8) is 0 Å². The minimum absolute atomic E-state index is 0.0578. The number of carbonyl (C=O) groups is 2. The van der Waals surface area contributed by atoms with Crippen molar-refractivity contribution in [2.24, 2.45) is 44.8 Å². The van der Waals surface area contributed by atoms with Gasteiger partial charge in [0.05, 0.1) is 24.7 Å². The number of allylic oxidation sites excluding steroid dienone is 2. The first-order chi connectivity index (χ1) is 29.9. The number of ketones is 1. The van der Waals surface area contributed by atoms with Crippen molar-refractivity contribution in [1.82, 2.24) is 0 Å². The number of hydrogen-bond acceptors (Lipinski definition) is 17. The van der Waals surface area contributed by atoms with Gasteiger partial charge in [0.25, 0.3) is 0 Å². The lowest BCUT2D eigenvalue weighted by atomic mass is 9.39. The summed E-state index contributed by atoms with van der Waals surface area (Å²) in [4.78, 5) is 28.1. The number of hydrogen-bond donors (Lipinski definition) is 9. The number of Topliss-reactive ketones (excluding diaryl/α,β-unsaturated/α-hetero) is 1. The minimum Gasteiger partial charge on any atom is -0.432 e. The molecule has 17 nitrogen and oxygen atoms in total. The summed E-state index contributed by atoms with van der Waals surface area (Å²) >= 11 is 0. The number of esters is 1. The average Bonchev–Trinajstić information content (AvgIpc) is 3.24. The number of rotatable bonds is 8. The number of carbonyl (C=O) groups excluding carboxylic acids is 2. The second kappa shape index (κ2) is 17.4. The molecular weight excluding hydrogens is 837 g/mol. The van der Waals surface area contributed by atoms with E-state index >= 15 is 0 Å². The maximum Gasteiger partial charge on any atom is 0.315 e. The van der Waals surface area contributed by atoms with Gasteiger partial charge < -0.3 is 74.4 Å². The maximum absolute atomic E-state index is 15.0. The second-order valence-corrected chi connectivity index (χ2v) is 22.5. The predicted octanol–water partition coefficient (Wildman–Crippen LogP) is 1.13. The topological polar surface area (TPSA) is 272 Å². The zero-order valence-corrected chi connectivity index (χ0v) is 38.4. The van der Waals surface area contributed by atoms with Crippen molar-refractivity contribution < 1.29 is 84.0 Å². The standard InChI is InChI=1S/C47H74O17/c1-21-30(50)32(52)35(55)40(60-21)63-38-26(18-48)61-39(37(57)34(38)54)59-19-27-31(51)33(53)36(56)41(62-27)64-42(58)47-15-12-23-22-8-11-28-44(4,5)29(49)13-14-45(28,6)24(22)9-10-25(23)46(47,7)20-43(2,3)16-17-47/h21-22,24,26-28,30-41,48,50-57H,8-20H2,1-7H3/t21-,22-,24-,26+,27+,28-,30-,31+,32+,33-,34+,35+,36+,37+,38+,39+,40-,41-,45+,46-,47-/m0/s1. The summed E-state index contributed by atoms with van der Waals surface area (Å²) in [5, 5.41) is 96.3. The van der Waals surface area contributed by atoms with Gasteiger partial charge in [-0.05, 0) is 99.7 Å². The molecule has 21 atom stereocenters. The Kier molecular flexibility index (Phi) is 13.2. The van der Waals surface area contributed by atoms with E-state index in [0.717, 1.165) is 51.4 Å². The zero-order chi connectivity index (χ0) is 46.6. The molecule has 0 spiro atoms. The number of aliphatic hydroxyl groups excluding tert-OH is 9. The van der Waals surface area contributed by atoms with Crippen LogP contribution in [0.2, 0.25) is 0 Å². The van der Waals surface area contributed by atoms with Crippen LogP contribution in [0.4, 0.5) is 0 Å². The van der Waals surface area contributed by atoms with Gasteiger partial charge in [-0.1, -0.05) is 52.7 Å². The predicted molar refractivity (Wildman–Crippen MR) is 223 cm³/mol. The molecule has 9 N–H and O–H groups in total. The molecule has 8 rings (SSSR count). The fraction of sp³-hybridized carbons (Fsp3) is 0.915. The molecule has 3 saturated carbocycles. The smallest absolute Gasteiger partial charge is 0.315 e. The molecule has 0 radical (unpaired) electrons. The molecule has 0 bridgehead atoms. The first kappa shape index (κ1) is 48.8. The Morgan fingerprint density at radius 3 is 2.05 bits per heavy atom. The van der Waals surface area contributed by atoms with Crippen molar-refractivity contribution in [3.8, 4) is 0 Å². The highest BCUT2D eigenvalue weighted by Crippen LogP contribution is 2.71. The number of aliphatic hydroxyl groups is 9. The van der Waals surface area contributed by atoms with Crippen LogP contribution in [0.15, 0.2) is 11.1 Å². The largest absolute Gasteiger partial charge is 0.432 e. The molecule has 364 valence electrons. The Balaban J connectivity index is 0.968. The van der Waals surface area contributed by atoms with E-state index in [0.29, 0.717) is 42.8 Å². The molecule has 0 aromatic heterocycles. The van der Waals surface area contributed by atoms with Crippen LogP contribution in [0, 0.1) is 44.8 Å². The molecule has 5 aliphatic carbocycles. The number of fused-ring (bicyclic) bond motifs is 6. The first-order valence-corrected chi connectivity index (χ1v) is 23.7. The van der Waals surface area contributed by atoms with E-state index in [4.69, 9.17) is 28.4 Å². The van der Waals surface area contributed by atoms with Gasteiger partial charge in [-0.15, -0.1) is 0 Å². The van der Waals surface area contributed by atoms with E-state index in [2.05, 4.69) is 41.5 Å². The van der Waals surface area contributed by atoms with Crippen LogP contribution in [0.1, 0.15) is 119 Å². The van der Waals surface area contributed by atoms with Crippen LogP contribution in [0.5, 0.6) is 0 Å². The summed E-state index contributed by atoms with van der Waals surface area (Å²) < 4.78 is 34.7. The third-order valence-corrected chi connectivity index (χ3v) is 18.1. The lowest BCUT2D eigenvalue weighted by molar-refractivity contribution is -0.361. The Bertz CT molecular complexity index is 1790. The van der Waals surface area contributed by atoms with Gasteiger partial charge in [0.2, 0.25) is 6.29 Å². The molecule has 64 heavy (non-hydrogen) atoms. The normalized spacial score (nSPS) is 51.3. The van der Waals surface area contributed by atoms with Crippen LogP contribution in [-0.2, 0) is 38.0 Å². The van der Waals surface area contributed by atoms with Crippen LogP contribution in [0.25, 0.3) is 0 Å². The molecule has 6 fully saturated rings. The highest BCUT2D eigenvalue weighted by molar-refractivity contribution is 5.85. The van der Waals surface area contributed by atoms with E-state index in [1.54, 1.807) is 0 Å². The van der Waals surface area contributed by atoms with Crippen LogP contribution < -0.4 is 0 Å². The zero-order valence-electron chi connectivity index (χ0n) is 38.4. The van der Waals surface area contributed by atoms with E-state index in [1.807, 2.05) is 0 Å². The van der Waals surface area contributed by atoms with Gasteiger partial charge in [-0.3, -0.25) is 9.59 Å². The van der Waals surface area contributed by atoms with Crippen LogP contribution >= 0.6 is 0 Å². The summed E-state index contributed by atoms with van der Waals surface area (Å²) in [6.07, 6.45) is -15.2. The van der Waals surface area contributed by atoms with Gasteiger partial charge in [-0.2, -0.15) is 0 Å². The molecular formula is C47H74O17. The molecule has 0 amide bonds. The highest BCUT2D eigenvalue weighted by atomic mass is 16.8. The van der Waals surface area contributed by atoms with Crippen molar-refractivity contribution >= 4 is 11.8 Å². The monoisotopic (exact) mass is 910 g/mol. The maximum atomic E-state index is 15.0. The quantitative estimate of drug-likeness (QED) is 0.122. The van der Waals surface area contributed by atoms with E-state index in [9.17, 15) is 55.5 Å². The Hall–Kier alpha value is -1.68. The molecule has 0 unspecified atom stereocenters. The molecule has 3 saturated heterocycles. The van der Waals surface area contributed by atoms with Crippen molar-refractivity contribution in [2.75, 3.05) is 13.2 Å². The van der Waals surface area contributed by atoms with Crippen molar-refractivity contribution in [1.29, 1.82) is 0 Å². The van der Waals surface area contributed by atoms with Crippen LogP contribution in [0.3, 0.4) is 0 Å². The molecule has 17 heteroatoms. The lowest BCUT2D eigenvalue weighted by Gasteiger charge is -2.64. The summed E-state index contributed by atoms with van der Waals surface area (Å²) in [6, 6.07) is 0. The van der Waals surface area contributed by atoms with Gasteiger partial charge in [0.1, 0.15) is 72.9 Å². The second-order valence-electron chi connectivity index (χ2n) is 22.5. The van der Waals surface area contributed by atoms with E-state index in [1.165, 1.54) is 18.1 Å². The molecule has 0 aromatic carbocycles. The van der Waals surface area contributed by atoms with E-state index in [-0.39, 0.29) is 16.2 Å². The molecule has 3 heterocycles. The van der Waals surface area contributed by atoms with Crippen LogP contribution in [-0.4, -0.2) is 163 Å². The molecule has 8 aliphatic rings. The summed E-state index contributed by atoms with van der Waals surface area (Å²) in [6.45, 7) is 13.5. The molecule has 0 aromatic rings. The number of ether oxygens (including phenoxy) is 6. The lowest BCUT2D eigenvalue weighted by Crippen LogP contribution is -2.65. The Morgan fingerprint density at radius 2 is 1.34 bits per heavy atom. The Morgan fingerprint density at radius 1 is 0.688 bits per heavy atom. The Labute approximate surface area is 375 Å². The van der Waals surface area contributed by atoms with Gasteiger partial charge in [-0.25, -0.2) is 0 Å². The third kappa shape index (κ3) is 7.77. The third-order valence-electron chi connectivity index (χ3n) is 18.1. The van der Waals surface area contributed by atoms with Gasteiger partial charge in [0.15, 0.2) is 12.6 Å². The van der Waals surface area contributed by atoms with Crippen molar-refractivity contribution in [3.05, 3.63) is 11.1 Å². The van der Waals surface area contributed by atoms with Gasteiger partial charge in [0, 0.05) is 17.3 Å². The summed E-state index contributed by atoms with van der Waals surface area (Å²) in [7, 11) is 0. The van der Waals surface area contributed by atoms with E-state index < -0.39 is 122 Å². The SMILES string of the molecule is C[C@@H]1O[C@@H](O[C@H]2[C@H](O)[C@@H](O)[C@H](OC[C@H]3O[C@@H](OC(=O)[C@@]45CCC6=C(CC[C@H]7[C@H]6CC[C@H]6C(C)(C)C(=O)CC[C@]76C)[C@]4(C)CC(C)(C)CC5)[C@H](O)[C@@H](O)[C@@H]3O)O[C@@H]2CO)[C@H](O)[C@H](O)[C@H]1O. The summed E-state index contributed by atoms with van der Waals surface area (Å²) in [5.41, 5.74) is 0.954. The average molecular weight is 911 g/mol. The molecule has 3 aliphatic heterocycles.